The molecule has 1 heterocycles. The normalized spacial score (nSPS) is 17.8. The van der Waals surface area contributed by atoms with Gasteiger partial charge in [-0.05, 0) is 93.2 Å². The first kappa shape index (κ1) is 34.6. The number of benzene rings is 1. The van der Waals surface area contributed by atoms with E-state index in [1.54, 1.807) is 59.9 Å². The van der Waals surface area contributed by atoms with E-state index in [4.69, 9.17) is 14.2 Å². The van der Waals surface area contributed by atoms with Gasteiger partial charge in [0.15, 0.2) is 0 Å². The van der Waals surface area contributed by atoms with Crippen LogP contribution in [-0.4, -0.2) is 62.0 Å². The summed E-state index contributed by atoms with van der Waals surface area (Å²) >= 11 is 1.48. The SMILES string of the molecule is CC(C)OC(=O)N[C@H]1CC[C@H](c2ncc(-c3ccc(OCCNC(=O)OC(C)(C)C)cc3S(=O)(=O)NC(C)(C)C)s2)CC1. The fourth-order valence-corrected chi connectivity index (χ4v) is 7.46. The molecule has 3 N–H and O–H groups in total. The number of alkyl carbamates (subject to hydrolysis) is 2. The standard InChI is InChI=1S/C30H46N4O7S2/c1-19(2)40-28(36)33-21-11-9-20(10-12-21)26-32-18-24(42-26)23-14-13-22(17-25(23)43(37,38)34-29(3,4)5)39-16-15-31-27(35)41-30(6,7)8/h13-14,17-21,34H,9-12,15-16H2,1-8H3,(H,31,35)(H,33,36)/t20-,21-. The van der Waals surface area contributed by atoms with Crippen molar-refractivity contribution in [3.05, 3.63) is 29.4 Å². The van der Waals surface area contributed by atoms with Gasteiger partial charge < -0.3 is 24.8 Å². The first-order chi connectivity index (χ1) is 19.9. The summed E-state index contributed by atoms with van der Waals surface area (Å²) in [6, 6.07) is 5.01. The molecule has 0 radical (unpaired) electrons. The zero-order valence-electron chi connectivity index (χ0n) is 26.4. The van der Waals surface area contributed by atoms with E-state index < -0.39 is 27.3 Å². The van der Waals surface area contributed by atoms with Gasteiger partial charge in [-0.3, -0.25) is 0 Å². The molecule has 0 unspecified atom stereocenters. The Balaban J connectivity index is 1.74. The summed E-state index contributed by atoms with van der Waals surface area (Å²) in [5, 5.41) is 6.51. The molecule has 0 spiro atoms. The molecular weight excluding hydrogens is 592 g/mol. The number of hydrogen-bond donors (Lipinski definition) is 3. The summed E-state index contributed by atoms with van der Waals surface area (Å²) in [6.45, 7) is 14.6. The van der Waals surface area contributed by atoms with E-state index in [9.17, 15) is 18.0 Å². The van der Waals surface area contributed by atoms with Crippen molar-refractivity contribution in [2.45, 2.75) is 115 Å². The zero-order valence-corrected chi connectivity index (χ0v) is 28.0. The van der Waals surface area contributed by atoms with E-state index in [2.05, 4.69) is 20.3 Å². The molecule has 2 aromatic rings. The van der Waals surface area contributed by atoms with E-state index in [1.165, 1.54) is 17.4 Å². The van der Waals surface area contributed by atoms with Gasteiger partial charge in [0, 0.05) is 35.3 Å². The highest BCUT2D eigenvalue weighted by molar-refractivity contribution is 7.89. The molecule has 240 valence electrons. The minimum absolute atomic E-state index is 0.0639. The van der Waals surface area contributed by atoms with Crippen LogP contribution in [0, 0.1) is 0 Å². The van der Waals surface area contributed by atoms with Crippen LogP contribution in [0.2, 0.25) is 0 Å². The van der Waals surface area contributed by atoms with Crippen LogP contribution >= 0.6 is 11.3 Å². The lowest BCUT2D eigenvalue weighted by molar-refractivity contribution is 0.0520. The molecule has 1 fully saturated rings. The van der Waals surface area contributed by atoms with Crippen LogP contribution in [0.1, 0.15) is 92.0 Å². The van der Waals surface area contributed by atoms with Gasteiger partial charge in [0.25, 0.3) is 0 Å². The lowest BCUT2D eigenvalue weighted by Crippen LogP contribution is -2.40. The number of amides is 2. The molecule has 0 saturated heterocycles. The van der Waals surface area contributed by atoms with Crippen LogP contribution < -0.4 is 20.1 Å². The summed E-state index contributed by atoms with van der Waals surface area (Å²) < 4.78 is 46.0. The van der Waals surface area contributed by atoms with Crippen LogP contribution in [0.4, 0.5) is 9.59 Å². The maximum absolute atomic E-state index is 13.5. The number of nitrogens with one attached hydrogen (secondary N) is 3. The van der Waals surface area contributed by atoms with Crippen molar-refractivity contribution < 1.29 is 32.2 Å². The fourth-order valence-electron chi connectivity index (χ4n) is 4.61. The van der Waals surface area contributed by atoms with Crippen molar-refractivity contribution in [1.29, 1.82) is 0 Å². The van der Waals surface area contributed by atoms with E-state index in [0.717, 1.165) is 35.6 Å². The smallest absolute Gasteiger partial charge is 0.407 e. The average Bonchev–Trinajstić information content (AvgIpc) is 3.34. The second-order valence-corrected chi connectivity index (χ2v) is 15.7. The molecule has 2 amide bonds. The van der Waals surface area contributed by atoms with Crippen molar-refractivity contribution in [2.75, 3.05) is 13.2 Å². The second-order valence-electron chi connectivity index (χ2n) is 13.0. The maximum Gasteiger partial charge on any atom is 0.407 e. The average molecular weight is 639 g/mol. The van der Waals surface area contributed by atoms with Crippen molar-refractivity contribution in [2.24, 2.45) is 0 Å². The Hall–Kier alpha value is -2.90. The van der Waals surface area contributed by atoms with Crippen molar-refractivity contribution in [3.63, 3.8) is 0 Å². The van der Waals surface area contributed by atoms with E-state index in [0.29, 0.717) is 11.3 Å². The van der Waals surface area contributed by atoms with Crippen LogP contribution in [0.15, 0.2) is 29.3 Å². The van der Waals surface area contributed by atoms with Crippen molar-refractivity contribution in [3.8, 4) is 16.2 Å². The Labute approximate surface area is 259 Å². The molecule has 1 saturated carbocycles. The summed E-state index contributed by atoms with van der Waals surface area (Å²) in [4.78, 5) is 29.4. The maximum atomic E-state index is 13.5. The Bertz CT molecular complexity index is 1350. The molecule has 0 atom stereocenters. The molecule has 0 bridgehead atoms. The third-order valence-corrected chi connectivity index (χ3v) is 9.24. The third kappa shape index (κ3) is 11.3. The Kier molecular flexibility index (Phi) is 11.5. The van der Waals surface area contributed by atoms with E-state index in [-0.39, 0.29) is 42.2 Å². The minimum atomic E-state index is -3.92. The predicted molar refractivity (Wildman–Crippen MR) is 167 cm³/mol. The van der Waals surface area contributed by atoms with Gasteiger partial charge in [-0.25, -0.2) is 27.7 Å². The molecule has 1 aliphatic carbocycles. The molecule has 1 aromatic carbocycles. The molecule has 11 nitrogen and oxygen atoms in total. The minimum Gasteiger partial charge on any atom is -0.492 e. The highest BCUT2D eigenvalue weighted by Gasteiger charge is 2.29. The summed E-state index contributed by atoms with van der Waals surface area (Å²) in [5.41, 5.74) is -0.774. The van der Waals surface area contributed by atoms with Crippen LogP contribution in [-0.2, 0) is 19.5 Å². The van der Waals surface area contributed by atoms with Gasteiger partial charge in [-0.2, -0.15) is 0 Å². The van der Waals surface area contributed by atoms with Gasteiger partial charge in [0.05, 0.1) is 27.4 Å². The summed E-state index contributed by atoms with van der Waals surface area (Å²) in [5.74, 6) is 0.585. The number of nitrogens with zero attached hydrogens (tertiary/aromatic N) is 1. The number of aromatic nitrogens is 1. The van der Waals surface area contributed by atoms with Crippen LogP contribution in [0.3, 0.4) is 0 Å². The quantitative estimate of drug-likeness (QED) is 0.271. The first-order valence-electron chi connectivity index (χ1n) is 14.6. The second kappa shape index (κ2) is 14.3. The molecule has 1 aromatic heterocycles. The number of carbonyl (C=O) groups excluding carboxylic acids is 2. The molecule has 0 aliphatic heterocycles. The van der Waals surface area contributed by atoms with Gasteiger partial charge in [-0.1, -0.05) is 0 Å². The number of ether oxygens (including phenoxy) is 3. The molecule has 43 heavy (non-hydrogen) atoms. The first-order valence-corrected chi connectivity index (χ1v) is 16.9. The summed E-state index contributed by atoms with van der Waals surface area (Å²) in [7, 11) is -3.92. The summed E-state index contributed by atoms with van der Waals surface area (Å²) in [6.07, 6.45) is 3.97. The highest BCUT2D eigenvalue weighted by atomic mass is 32.2. The number of thiazole rings is 1. The molecular formula is C30H46N4O7S2. The Morgan fingerprint density at radius 1 is 1.05 bits per heavy atom. The van der Waals surface area contributed by atoms with Gasteiger partial charge in [0.1, 0.15) is 18.0 Å². The lowest BCUT2D eigenvalue weighted by atomic mass is 9.86. The Morgan fingerprint density at radius 3 is 2.33 bits per heavy atom. The molecule has 13 heteroatoms. The van der Waals surface area contributed by atoms with Gasteiger partial charge >= 0.3 is 12.2 Å². The van der Waals surface area contributed by atoms with Gasteiger partial charge in [-0.15, -0.1) is 11.3 Å². The van der Waals surface area contributed by atoms with Gasteiger partial charge in [0.2, 0.25) is 10.0 Å². The predicted octanol–water partition coefficient (Wildman–Crippen LogP) is 5.95. The Morgan fingerprint density at radius 2 is 1.72 bits per heavy atom. The number of sulfonamides is 1. The topological polar surface area (TPSA) is 145 Å². The van der Waals surface area contributed by atoms with Crippen LogP contribution in [0.5, 0.6) is 5.75 Å². The van der Waals surface area contributed by atoms with Crippen molar-refractivity contribution >= 4 is 33.5 Å². The molecule has 1 aliphatic rings. The number of rotatable bonds is 10. The fraction of sp³-hybridized carbons (Fsp3) is 0.633. The number of carbonyl (C=O) groups is 2. The highest BCUT2D eigenvalue weighted by Crippen LogP contribution is 2.40. The zero-order chi connectivity index (χ0) is 32.0. The van der Waals surface area contributed by atoms with E-state index in [1.807, 2.05) is 13.8 Å². The largest absolute Gasteiger partial charge is 0.492 e. The monoisotopic (exact) mass is 638 g/mol. The van der Waals surface area contributed by atoms with Crippen LogP contribution in [0.25, 0.3) is 10.4 Å². The number of hydrogen-bond acceptors (Lipinski definition) is 9. The lowest BCUT2D eigenvalue weighted by Gasteiger charge is -2.28. The third-order valence-electron chi connectivity index (χ3n) is 6.25. The van der Waals surface area contributed by atoms with E-state index >= 15 is 0 Å². The van der Waals surface area contributed by atoms with Crippen molar-refractivity contribution in [1.82, 2.24) is 20.3 Å². The molecule has 3 rings (SSSR count).